The highest BCUT2D eigenvalue weighted by Gasteiger charge is 2.20. The number of nitrogens with one attached hydrogen (secondary N) is 2. The maximum atomic E-state index is 12.4. The Morgan fingerprint density at radius 2 is 1.71 bits per heavy atom. The van der Waals surface area contributed by atoms with Crippen molar-refractivity contribution in [3.05, 3.63) is 60.2 Å². The average molecular weight is 467 g/mol. The van der Waals surface area contributed by atoms with Gasteiger partial charge in [0.2, 0.25) is 15.9 Å². The number of hydrogen-bond acceptors (Lipinski definition) is 6. The number of carbonyl (C=O) groups is 1. The largest absolute Gasteiger partial charge is 0.377 e. The van der Waals surface area contributed by atoms with Crippen molar-refractivity contribution in [3.63, 3.8) is 0 Å². The standard InChI is InChI=1S/C21H26N2O6S2/c24-21(12-14-30(25,26)16-17-5-2-1-3-6-17)23-18-8-10-20(11-9-18)31(27,28)22-15-19-7-4-13-29-19/h1-3,5-6,8-11,19,22H,4,7,12-16H2,(H,23,24)/t19-/m0/s1. The van der Waals surface area contributed by atoms with E-state index < -0.39 is 25.8 Å². The quantitative estimate of drug-likeness (QED) is 0.553. The molecule has 0 bridgehead atoms. The van der Waals surface area contributed by atoms with Gasteiger partial charge < -0.3 is 10.1 Å². The molecule has 168 valence electrons. The molecule has 1 fully saturated rings. The lowest BCUT2D eigenvalue weighted by atomic mass is 10.2. The molecule has 0 radical (unpaired) electrons. The van der Waals surface area contributed by atoms with E-state index in [4.69, 9.17) is 4.74 Å². The molecule has 2 aromatic rings. The van der Waals surface area contributed by atoms with E-state index >= 15 is 0 Å². The van der Waals surface area contributed by atoms with Crippen LogP contribution in [-0.4, -0.2) is 47.8 Å². The Labute approximate surface area is 183 Å². The SMILES string of the molecule is O=C(CCS(=O)(=O)Cc1ccccc1)Nc1ccc(S(=O)(=O)NC[C@@H]2CCCO2)cc1. The maximum absolute atomic E-state index is 12.4. The van der Waals surface area contributed by atoms with E-state index in [-0.39, 0.29) is 35.5 Å². The Morgan fingerprint density at radius 3 is 2.35 bits per heavy atom. The fourth-order valence-corrected chi connectivity index (χ4v) is 5.59. The molecule has 1 aliphatic rings. The molecule has 31 heavy (non-hydrogen) atoms. The number of carbonyl (C=O) groups excluding carboxylic acids is 1. The average Bonchev–Trinajstić information content (AvgIpc) is 3.26. The van der Waals surface area contributed by atoms with Crippen molar-refractivity contribution in [2.75, 3.05) is 24.2 Å². The lowest BCUT2D eigenvalue weighted by Crippen LogP contribution is -2.31. The van der Waals surface area contributed by atoms with Crippen LogP contribution >= 0.6 is 0 Å². The monoisotopic (exact) mass is 466 g/mol. The smallest absolute Gasteiger partial charge is 0.240 e. The van der Waals surface area contributed by atoms with Gasteiger partial charge in [0, 0.05) is 25.3 Å². The molecule has 1 aliphatic heterocycles. The Bertz CT molecular complexity index is 1080. The van der Waals surface area contributed by atoms with Crippen molar-refractivity contribution < 1.29 is 26.4 Å². The van der Waals surface area contributed by atoms with Gasteiger partial charge in [-0.3, -0.25) is 4.79 Å². The molecule has 0 saturated carbocycles. The van der Waals surface area contributed by atoms with Crippen molar-refractivity contribution >= 4 is 31.5 Å². The van der Waals surface area contributed by atoms with E-state index in [1.54, 1.807) is 30.3 Å². The lowest BCUT2D eigenvalue weighted by molar-refractivity contribution is -0.115. The van der Waals surface area contributed by atoms with Gasteiger partial charge in [-0.1, -0.05) is 30.3 Å². The Kier molecular flexibility index (Phi) is 7.82. The summed E-state index contributed by atoms with van der Waals surface area (Å²) in [5.41, 5.74) is 1.07. The Hall–Kier alpha value is -2.27. The number of sulfonamides is 1. The molecule has 3 rings (SSSR count). The van der Waals surface area contributed by atoms with Crippen LogP contribution in [0, 0.1) is 0 Å². The van der Waals surface area contributed by atoms with Gasteiger partial charge in [0.15, 0.2) is 9.84 Å². The summed E-state index contributed by atoms with van der Waals surface area (Å²) in [6.07, 6.45) is 1.47. The van der Waals surface area contributed by atoms with E-state index in [2.05, 4.69) is 10.0 Å². The van der Waals surface area contributed by atoms with Crippen LogP contribution in [0.2, 0.25) is 0 Å². The summed E-state index contributed by atoms with van der Waals surface area (Å²) in [4.78, 5) is 12.2. The highest BCUT2D eigenvalue weighted by atomic mass is 32.2. The third kappa shape index (κ3) is 7.42. The number of rotatable bonds is 10. The first kappa shape index (κ1) is 23.4. The zero-order valence-electron chi connectivity index (χ0n) is 17.0. The molecular weight excluding hydrogens is 440 g/mol. The first-order valence-electron chi connectivity index (χ1n) is 9.99. The van der Waals surface area contributed by atoms with E-state index in [1.807, 2.05) is 0 Å². The minimum absolute atomic E-state index is 0.0777. The fourth-order valence-electron chi connectivity index (χ4n) is 3.18. The van der Waals surface area contributed by atoms with Gasteiger partial charge in [-0.15, -0.1) is 0 Å². The highest BCUT2D eigenvalue weighted by molar-refractivity contribution is 7.90. The minimum atomic E-state index is -3.67. The number of hydrogen-bond donors (Lipinski definition) is 2. The molecule has 1 amide bonds. The summed E-state index contributed by atoms with van der Waals surface area (Å²) < 4.78 is 57.1. The second-order valence-electron chi connectivity index (χ2n) is 7.39. The molecule has 2 aromatic carbocycles. The predicted molar refractivity (Wildman–Crippen MR) is 118 cm³/mol. The Morgan fingerprint density at radius 1 is 1.00 bits per heavy atom. The van der Waals surface area contributed by atoms with Gasteiger partial charge in [0.25, 0.3) is 0 Å². The first-order chi connectivity index (χ1) is 14.7. The normalized spacial score (nSPS) is 16.8. The second-order valence-corrected chi connectivity index (χ2v) is 11.3. The van der Waals surface area contributed by atoms with Gasteiger partial charge in [-0.05, 0) is 42.7 Å². The summed E-state index contributed by atoms with van der Waals surface area (Å²) in [7, 11) is -7.09. The van der Waals surface area contributed by atoms with Crippen LogP contribution in [0.15, 0.2) is 59.5 Å². The fraction of sp³-hybridized carbons (Fsp3) is 0.381. The molecule has 0 spiro atoms. The van der Waals surface area contributed by atoms with Crippen molar-refractivity contribution in [2.45, 2.75) is 36.0 Å². The van der Waals surface area contributed by atoms with Gasteiger partial charge in [0.1, 0.15) is 0 Å². The minimum Gasteiger partial charge on any atom is -0.377 e. The molecule has 1 saturated heterocycles. The van der Waals surface area contributed by atoms with Crippen molar-refractivity contribution in [1.82, 2.24) is 4.72 Å². The van der Waals surface area contributed by atoms with E-state index in [9.17, 15) is 21.6 Å². The van der Waals surface area contributed by atoms with Crippen molar-refractivity contribution in [2.24, 2.45) is 0 Å². The van der Waals surface area contributed by atoms with Crippen LogP contribution in [-0.2, 0) is 35.1 Å². The summed E-state index contributed by atoms with van der Waals surface area (Å²) in [5, 5.41) is 2.60. The molecule has 1 heterocycles. The number of benzene rings is 2. The highest BCUT2D eigenvalue weighted by Crippen LogP contribution is 2.16. The van der Waals surface area contributed by atoms with Crippen LogP contribution in [0.1, 0.15) is 24.8 Å². The predicted octanol–water partition coefficient (Wildman–Crippen LogP) is 2.09. The molecule has 0 unspecified atom stereocenters. The molecule has 8 nitrogen and oxygen atoms in total. The van der Waals surface area contributed by atoms with Gasteiger partial charge in [0.05, 0.1) is 22.5 Å². The van der Waals surface area contributed by atoms with Crippen LogP contribution in [0.3, 0.4) is 0 Å². The van der Waals surface area contributed by atoms with E-state index in [0.717, 1.165) is 12.8 Å². The number of ether oxygens (including phenoxy) is 1. The zero-order valence-corrected chi connectivity index (χ0v) is 18.6. The zero-order chi connectivity index (χ0) is 22.3. The third-order valence-corrected chi connectivity index (χ3v) is 7.88. The molecule has 1 atom stereocenters. The second kappa shape index (κ2) is 10.4. The molecule has 10 heteroatoms. The van der Waals surface area contributed by atoms with Crippen LogP contribution in [0.4, 0.5) is 5.69 Å². The topological polar surface area (TPSA) is 119 Å². The van der Waals surface area contributed by atoms with Gasteiger partial charge in [-0.25, -0.2) is 21.6 Å². The van der Waals surface area contributed by atoms with E-state index in [1.165, 1.54) is 24.3 Å². The first-order valence-corrected chi connectivity index (χ1v) is 13.3. The number of amides is 1. The summed E-state index contributed by atoms with van der Waals surface area (Å²) in [6, 6.07) is 14.5. The summed E-state index contributed by atoms with van der Waals surface area (Å²) in [6.45, 7) is 0.868. The van der Waals surface area contributed by atoms with Crippen LogP contribution < -0.4 is 10.0 Å². The maximum Gasteiger partial charge on any atom is 0.240 e. The number of anilines is 1. The molecule has 0 aromatic heterocycles. The lowest BCUT2D eigenvalue weighted by Gasteiger charge is -2.12. The van der Waals surface area contributed by atoms with Crippen molar-refractivity contribution in [1.29, 1.82) is 0 Å². The van der Waals surface area contributed by atoms with Crippen LogP contribution in [0.25, 0.3) is 0 Å². The molecule has 2 N–H and O–H groups in total. The Balaban J connectivity index is 1.49. The van der Waals surface area contributed by atoms with Crippen LogP contribution in [0.5, 0.6) is 0 Å². The number of sulfone groups is 1. The molecule has 0 aliphatic carbocycles. The summed E-state index contributed by atoms with van der Waals surface area (Å²) in [5.74, 6) is -0.844. The summed E-state index contributed by atoms with van der Waals surface area (Å²) >= 11 is 0. The van der Waals surface area contributed by atoms with Crippen molar-refractivity contribution in [3.8, 4) is 0 Å². The third-order valence-electron chi connectivity index (χ3n) is 4.84. The van der Waals surface area contributed by atoms with Gasteiger partial charge >= 0.3 is 0 Å². The van der Waals surface area contributed by atoms with E-state index in [0.29, 0.717) is 17.9 Å². The molecular formula is C21H26N2O6S2. The van der Waals surface area contributed by atoms with Gasteiger partial charge in [-0.2, -0.15) is 0 Å².